The van der Waals surface area contributed by atoms with Gasteiger partial charge in [0.05, 0.1) is 22.8 Å². The van der Waals surface area contributed by atoms with Crippen LogP contribution in [0.4, 0.5) is 24.5 Å². The molecule has 8 aromatic rings. The predicted molar refractivity (Wildman–Crippen MR) is 413 cm³/mol. The van der Waals surface area contributed by atoms with Gasteiger partial charge in [-0.15, -0.1) is 0 Å². The highest BCUT2D eigenvalue weighted by atomic mass is 79.9. The molecular weight excluding hydrogens is 1630 g/mol. The van der Waals surface area contributed by atoms with Crippen molar-refractivity contribution in [1.82, 2.24) is 9.97 Å². The number of aryl methyl sites for hydroxylation is 4. The van der Waals surface area contributed by atoms with Crippen molar-refractivity contribution in [1.29, 1.82) is 0 Å². The minimum atomic E-state index is -5.64. The van der Waals surface area contributed by atoms with Gasteiger partial charge >= 0.3 is 67.8 Å². The van der Waals surface area contributed by atoms with Crippen molar-refractivity contribution in [3.8, 4) is 0 Å². The smallest absolute Gasteiger partial charge is 0.481 e. The molecule has 0 atom stereocenters. The number of aliphatic hydroxyl groups excluding tert-OH is 1. The van der Waals surface area contributed by atoms with Gasteiger partial charge in [-0.25, -0.2) is 8.42 Å². The predicted octanol–water partition coefficient (Wildman–Crippen LogP) is 14.7. The van der Waals surface area contributed by atoms with E-state index in [0.29, 0.717) is 52.0 Å². The molecule has 111 heavy (non-hydrogen) atoms. The summed E-state index contributed by atoms with van der Waals surface area (Å²) < 4.78 is 121. The van der Waals surface area contributed by atoms with Crippen LogP contribution in [-0.2, 0) is 112 Å². The maximum absolute atomic E-state index is 11.2. The van der Waals surface area contributed by atoms with Crippen LogP contribution in [0.15, 0.2) is 219 Å². The summed E-state index contributed by atoms with van der Waals surface area (Å²) in [5, 5.41) is 52.1. The number of carboxylic acids is 1. The second-order valence-corrected chi connectivity index (χ2v) is 22.7. The zero-order valence-electron chi connectivity index (χ0n) is 59.3. The number of aliphatic carboxylic acids is 1. The first-order chi connectivity index (χ1) is 53.0. The number of carbonyl (C=O) groups is 1. The molecule has 0 amide bonds. The first kappa shape index (κ1) is 107. The fraction of sp³-hybridized carbons (Fsp3) is 0.277. The SMILES string of the molecule is Cc1ccc(CBr)cc1.Cc1ccc(CC(=O)O)cc1.Cc1ccc(CCN=[N+]=[N-])cc1.Cc1ccc(CN=[N+]=[N-])cc1.NCCc1ccc([N+](=O)[O-])cc1.O=S=O.O=S=O.O=S=O.O=S=O.OCCc1ccccn1.[N-]=[N+]=NCCc1ccc([N+](=O)[O-])cc1.[N-]=[N+]=NCCc1ccccn1.[N-]=[N+]=NS(=O)(=O)C(F)(F)F. The number of alkyl halides is 4. The Balaban J connectivity index is -0.000000373. The Morgan fingerprint density at radius 1 is 0.486 bits per heavy atom. The zero-order valence-corrected chi connectivity index (χ0v) is 65.0. The number of carboxylic acid groups (broad SMARTS) is 1. The number of aliphatic hydroxyl groups is 1. The number of halogens is 4. The monoisotopic (exact) mass is 1700 g/mol. The third-order valence-electron chi connectivity index (χ3n) is 12.0. The molecule has 0 aliphatic rings. The van der Waals surface area contributed by atoms with Crippen LogP contribution in [0.5, 0.6) is 0 Å². The maximum atomic E-state index is 11.2. The summed E-state index contributed by atoms with van der Waals surface area (Å²) in [5.74, 6) is -0.783. The maximum Gasteiger partial charge on any atom is 0.504 e. The highest BCUT2D eigenvalue weighted by Crippen LogP contribution is 2.24. The number of nitro groups is 2. The molecule has 0 aliphatic carbocycles. The highest BCUT2D eigenvalue weighted by molar-refractivity contribution is 9.08. The molecule has 0 spiro atoms. The van der Waals surface area contributed by atoms with Gasteiger partial charge in [-0.05, 0) is 145 Å². The number of nitro benzene ring substituents is 2. The number of azide groups is 5. The Labute approximate surface area is 656 Å². The molecule has 594 valence electrons. The molecule has 0 radical (unpaired) electrons. The lowest BCUT2D eigenvalue weighted by atomic mass is 10.1. The van der Waals surface area contributed by atoms with Crippen LogP contribution >= 0.6 is 15.9 Å². The lowest BCUT2D eigenvalue weighted by Gasteiger charge is -1.98. The number of benzene rings is 6. The Hall–Kier alpha value is -12.1. The molecule has 46 heteroatoms. The number of hydrogen-bond acceptors (Lipinski definition) is 23. The van der Waals surface area contributed by atoms with Crippen molar-refractivity contribution >= 4 is 89.6 Å². The molecule has 37 nitrogen and oxygen atoms in total. The van der Waals surface area contributed by atoms with E-state index in [-0.39, 0.29) is 24.4 Å². The number of aromatic nitrogens is 2. The van der Waals surface area contributed by atoms with Crippen molar-refractivity contribution < 1.29 is 80.1 Å². The molecule has 0 saturated carbocycles. The van der Waals surface area contributed by atoms with E-state index in [9.17, 15) is 46.6 Å². The van der Waals surface area contributed by atoms with E-state index in [1.165, 1.54) is 57.0 Å². The van der Waals surface area contributed by atoms with Crippen LogP contribution in [-0.4, -0.2) is 116 Å². The normalized spacial score (nSPS) is 8.95. The summed E-state index contributed by atoms with van der Waals surface area (Å²) in [6, 6.07) is 56.2. The van der Waals surface area contributed by atoms with Gasteiger partial charge in [0.15, 0.2) is 0 Å². The number of sulfonamides is 1. The first-order valence-corrected chi connectivity index (χ1v) is 35.9. The number of rotatable bonds is 21. The number of hydrogen-bond donors (Lipinski definition) is 3. The molecule has 0 bridgehead atoms. The number of pyridine rings is 2. The molecule has 0 unspecified atom stereocenters. The minimum absolute atomic E-state index is 0.0672. The van der Waals surface area contributed by atoms with Gasteiger partial charge in [0, 0.05) is 115 Å². The highest BCUT2D eigenvalue weighted by Gasteiger charge is 2.45. The molecule has 6 aromatic carbocycles. The van der Waals surface area contributed by atoms with Crippen molar-refractivity contribution in [2.24, 2.45) is 30.7 Å². The van der Waals surface area contributed by atoms with Crippen molar-refractivity contribution in [3.05, 3.63) is 334 Å². The van der Waals surface area contributed by atoms with Gasteiger partial charge in [0.2, 0.25) is 0 Å². The average Bonchev–Trinajstić information content (AvgIpc) is 0.847. The van der Waals surface area contributed by atoms with Crippen molar-refractivity contribution in [2.75, 3.05) is 32.8 Å². The second kappa shape index (κ2) is 73.4. The Bertz CT molecular complexity index is 4330. The molecule has 2 aromatic heterocycles. The van der Waals surface area contributed by atoms with Crippen LogP contribution < -0.4 is 5.73 Å². The fourth-order valence-corrected chi connectivity index (χ4v) is 7.37. The van der Waals surface area contributed by atoms with Gasteiger partial charge in [0.25, 0.3) is 11.4 Å². The molecule has 2 heterocycles. The summed E-state index contributed by atoms with van der Waals surface area (Å²) in [5.41, 5.74) is 52.7. The Morgan fingerprint density at radius 3 is 1.06 bits per heavy atom. The lowest BCUT2D eigenvalue weighted by molar-refractivity contribution is -0.385. The largest absolute Gasteiger partial charge is 0.504 e. The van der Waals surface area contributed by atoms with E-state index < -0.39 is 77.6 Å². The summed E-state index contributed by atoms with van der Waals surface area (Å²) in [6.45, 7) is 10.7. The lowest BCUT2D eigenvalue weighted by Crippen LogP contribution is -2.19. The molecule has 0 fully saturated rings. The van der Waals surface area contributed by atoms with Crippen LogP contribution in [0.1, 0.15) is 67.0 Å². The van der Waals surface area contributed by atoms with E-state index in [1.54, 1.807) is 41.2 Å². The number of non-ortho nitro benzene ring substituents is 2. The standard InChI is InChI=1S/C9H11N3.C9H10O2.C8H9Br.C8H8N4O2.C8H9N3.C8H10N2O2.C7H8N4.C7H9NO.CF3N3O2S.4O2S/c1-8-2-4-9(5-3-8)6-7-11-12-10;1-7-2-4-8(5-3-7)6-9(10)11;1-7-2-4-8(6-9)5-3-7;9-11-10-6-5-7-1-3-8(4-2-7)12(13)14;1-7-2-4-8(5-3-7)6-10-11-9;9-6-5-7-1-3-8(4-2-7)10(11)12;8-11-10-6-4-7-3-1-2-5-9-7;9-6-4-7-3-1-2-5-8-7;2-1(3,4)10(8,9)7-6-5;4*1-3-2/h2-5H,6-7H2,1H3;2-5H,6H2,1H3,(H,10,11);2-5H,6H2,1H3;1-4H,5-6H2;2-5H,6H2,1H3;1-4H,5-6,9H2;1-3,5H,4,6H2;1-3,5,9H,4,6H2;;;;;. The summed E-state index contributed by atoms with van der Waals surface area (Å²) >= 11 is 0.382. The first-order valence-electron chi connectivity index (χ1n) is 30.6. The van der Waals surface area contributed by atoms with Crippen LogP contribution in [0, 0.1) is 47.9 Å². The summed E-state index contributed by atoms with van der Waals surface area (Å²) in [4.78, 5) is 50.2. The van der Waals surface area contributed by atoms with Gasteiger partial charge < -0.3 is 15.9 Å². The van der Waals surface area contributed by atoms with Crippen LogP contribution in [0.25, 0.3) is 52.2 Å². The summed E-state index contributed by atoms with van der Waals surface area (Å²) in [6.07, 6.45) is 7.12. The zero-order chi connectivity index (χ0) is 84.9. The molecular formula is C65H74BrF3N20O17S5. The average molecular weight is 1700 g/mol. The third kappa shape index (κ3) is 67.0. The van der Waals surface area contributed by atoms with Gasteiger partial charge in [0.1, 0.15) is 0 Å². The van der Waals surface area contributed by atoms with E-state index in [1.807, 2.05) is 98.8 Å². The third-order valence-corrected chi connectivity index (χ3v) is 13.5. The van der Waals surface area contributed by atoms with E-state index in [2.05, 4.69) is 128 Å². The van der Waals surface area contributed by atoms with E-state index in [4.69, 9.17) is 77.3 Å². The molecule has 0 aliphatic heterocycles. The van der Waals surface area contributed by atoms with Crippen LogP contribution in [0.2, 0.25) is 0 Å². The summed E-state index contributed by atoms with van der Waals surface area (Å²) in [7, 11) is -5.64. The van der Waals surface area contributed by atoms with Crippen LogP contribution in [0.3, 0.4) is 0 Å². The molecule has 0 saturated heterocycles. The van der Waals surface area contributed by atoms with Gasteiger partial charge in [-0.3, -0.25) is 35.0 Å². The Morgan fingerprint density at radius 2 is 0.793 bits per heavy atom. The number of nitrogens with zero attached hydrogens (tertiary/aromatic N) is 19. The quantitative estimate of drug-likeness (QED) is 0.0150. The molecule has 4 N–H and O–H groups in total. The van der Waals surface area contributed by atoms with E-state index >= 15 is 0 Å². The Kier molecular flexibility index (Phi) is 71.0. The van der Waals surface area contributed by atoms with Crippen molar-refractivity contribution in [2.45, 2.75) is 83.6 Å². The van der Waals surface area contributed by atoms with E-state index in [0.717, 1.165) is 57.4 Å². The van der Waals surface area contributed by atoms with Crippen molar-refractivity contribution in [3.63, 3.8) is 0 Å². The van der Waals surface area contributed by atoms with Gasteiger partial charge in [-0.2, -0.15) is 46.8 Å². The fourth-order valence-electron chi connectivity index (χ4n) is 6.81. The second-order valence-electron chi connectivity index (χ2n) is 20.0. The molecule has 8 rings (SSSR count). The van der Waals surface area contributed by atoms with Gasteiger partial charge in [-0.1, -0.05) is 192 Å². The topological polar surface area (TPSA) is 610 Å². The minimum Gasteiger partial charge on any atom is -0.481 e. The number of nitrogens with two attached hydrogens (primary N) is 1.